The van der Waals surface area contributed by atoms with Crippen molar-refractivity contribution in [2.75, 3.05) is 12.4 Å². The van der Waals surface area contributed by atoms with Crippen molar-refractivity contribution in [1.29, 1.82) is 0 Å². The minimum absolute atomic E-state index is 0.569. The smallest absolute Gasteiger partial charge is 0.160 e. The summed E-state index contributed by atoms with van der Waals surface area (Å²) >= 11 is 0. The van der Waals surface area contributed by atoms with Gasteiger partial charge in [0.15, 0.2) is 5.75 Å². The minimum Gasteiger partial charge on any atom is -0.493 e. The predicted octanol–water partition coefficient (Wildman–Crippen LogP) is 4.13. The van der Waals surface area contributed by atoms with E-state index in [0.29, 0.717) is 5.92 Å². The summed E-state index contributed by atoms with van der Waals surface area (Å²) in [6.45, 7) is 7.16. The van der Waals surface area contributed by atoms with Gasteiger partial charge in [0.2, 0.25) is 0 Å². The van der Waals surface area contributed by atoms with E-state index in [4.69, 9.17) is 4.74 Å². The van der Waals surface area contributed by atoms with Crippen molar-refractivity contribution in [2.45, 2.75) is 33.2 Å². The third-order valence-corrected chi connectivity index (χ3v) is 3.35. The molecule has 0 saturated carbocycles. The lowest BCUT2D eigenvalue weighted by Crippen LogP contribution is -2.02. The molecule has 3 heteroatoms. The summed E-state index contributed by atoms with van der Waals surface area (Å²) in [7, 11) is 1.66. The van der Waals surface area contributed by atoms with Crippen molar-refractivity contribution >= 4 is 5.69 Å². The molecule has 2 aromatic rings. The molecule has 1 aromatic carbocycles. The van der Waals surface area contributed by atoms with E-state index in [0.717, 1.165) is 23.7 Å². The Morgan fingerprint density at radius 2 is 1.90 bits per heavy atom. The van der Waals surface area contributed by atoms with Gasteiger partial charge in [0, 0.05) is 12.2 Å². The van der Waals surface area contributed by atoms with Crippen LogP contribution in [0.4, 0.5) is 5.69 Å². The first-order valence-corrected chi connectivity index (χ1v) is 6.93. The van der Waals surface area contributed by atoms with E-state index in [1.54, 1.807) is 13.3 Å². The highest BCUT2D eigenvalue weighted by Gasteiger charge is 2.04. The Labute approximate surface area is 121 Å². The molecule has 1 N–H and O–H groups in total. The number of ether oxygens (including phenoxy) is 1. The van der Waals surface area contributed by atoms with Crippen molar-refractivity contribution in [3.63, 3.8) is 0 Å². The summed E-state index contributed by atoms with van der Waals surface area (Å²) < 4.78 is 5.31. The Balaban J connectivity index is 2.06. The topological polar surface area (TPSA) is 34.1 Å². The highest BCUT2D eigenvalue weighted by molar-refractivity contribution is 5.56. The Morgan fingerprint density at radius 3 is 2.50 bits per heavy atom. The normalized spacial score (nSPS) is 10.7. The van der Waals surface area contributed by atoms with E-state index in [1.165, 1.54) is 11.1 Å². The van der Waals surface area contributed by atoms with Gasteiger partial charge in [0.25, 0.3) is 0 Å². The van der Waals surface area contributed by atoms with Gasteiger partial charge in [0.05, 0.1) is 19.0 Å². The van der Waals surface area contributed by atoms with Crippen LogP contribution < -0.4 is 10.1 Å². The zero-order valence-electron chi connectivity index (χ0n) is 12.6. The summed E-state index contributed by atoms with van der Waals surface area (Å²) in [4.78, 5) is 4.23. The zero-order valence-corrected chi connectivity index (χ0v) is 12.6. The van der Waals surface area contributed by atoms with Gasteiger partial charge >= 0.3 is 0 Å². The first kappa shape index (κ1) is 14.4. The standard InChI is InChI=1S/C17H22N2O/c1-12(2)15-7-5-14(6-8-15)10-19-16-9-13(3)18-11-17(16)20-4/h5-9,11-12H,10H2,1-4H3,(H,18,19). The molecule has 0 aliphatic rings. The number of methoxy groups -OCH3 is 1. The first-order valence-electron chi connectivity index (χ1n) is 6.93. The summed E-state index contributed by atoms with van der Waals surface area (Å²) in [5.41, 5.74) is 4.58. The quantitative estimate of drug-likeness (QED) is 0.887. The maximum atomic E-state index is 5.31. The van der Waals surface area contributed by atoms with Crippen LogP contribution in [0.5, 0.6) is 5.75 Å². The summed E-state index contributed by atoms with van der Waals surface area (Å²) in [5.74, 6) is 1.34. The predicted molar refractivity (Wildman–Crippen MR) is 83.4 cm³/mol. The largest absolute Gasteiger partial charge is 0.493 e. The van der Waals surface area contributed by atoms with Crippen LogP contribution in [0.1, 0.15) is 36.6 Å². The summed E-state index contributed by atoms with van der Waals surface area (Å²) in [5, 5.41) is 3.40. The number of rotatable bonds is 5. The molecule has 0 unspecified atom stereocenters. The fourth-order valence-electron chi connectivity index (χ4n) is 2.07. The molecule has 2 rings (SSSR count). The molecule has 1 heterocycles. The number of nitrogens with zero attached hydrogens (tertiary/aromatic N) is 1. The molecule has 0 bridgehead atoms. The number of aryl methyl sites for hydroxylation is 1. The molecule has 3 nitrogen and oxygen atoms in total. The Morgan fingerprint density at radius 1 is 1.20 bits per heavy atom. The van der Waals surface area contributed by atoms with Crippen LogP contribution in [-0.2, 0) is 6.54 Å². The molecule has 0 spiro atoms. The molecule has 0 atom stereocenters. The van der Waals surface area contributed by atoms with Gasteiger partial charge in [0.1, 0.15) is 0 Å². The van der Waals surface area contributed by atoms with E-state index in [-0.39, 0.29) is 0 Å². The highest BCUT2D eigenvalue weighted by atomic mass is 16.5. The van der Waals surface area contributed by atoms with Crippen LogP contribution in [-0.4, -0.2) is 12.1 Å². The second kappa shape index (κ2) is 6.42. The Hall–Kier alpha value is -2.03. The van der Waals surface area contributed by atoms with E-state index < -0.39 is 0 Å². The molecule has 0 fully saturated rings. The van der Waals surface area contributed by atoms with Crippen LogP contribution in [0.2, 0.25) is 0 Å². The Kier molecular flexibility index (Phi) is 4.61. The molecule has 1 aromatic heterocycles. The lowest BCUT2D eigenvalue weighted by atomic mass is 10.0. The molecular formula is C17H22N2O. The lowest BCUT2D eigenvalue weighted by Gasteiger charge is -2.12. The first-order chi connectivity index (χ1) is 9.60. The number of nitrogens with one attached hydrogen (secondary N) is 1. The number of hydrogen-bond acceptors (Lipinski definition) is 3. The Bertz CT molecular complexity index is 562. The van der Waals surface area contributed by atoms with Crippen molar-refractivity contribution in [1.82, 2.24) is 4.98 Å². The molecule has 0 amide bonds. The van der Waals surface area contributed by atoms with Gasteiger partial charge in [-0.3, -0.25) is 4.98 Å². The number of anilines is 1. The van der Waals surface area contributed by atoms with Crippen molar-refractivity contribution in [3.8, 4) is 5.75 Å². The average Bonchev–Trinajstić information content (AvgIpc) is 2.45. The molecular weight excluding hydrogens is 248 g/mol. The van der Waals surface area contributed by atoms with Crippen molar-refractivity contribution in [2.24, 2.45) is 0 Å². The second-order valence-electron chi connectivity index (χ2n) is 5.28. The van der Waals surface area contributed by atoms with Crippen LogP contribution in [0.25, 0.3) is 0 Å². The van der Waals surface area contributed by atoms with Crippen molar-refractivity contribution < 1.29 is 4.74 Å². The average molecular weight is 270 g/mol. The van der Waals surface area contributed by atoms with E-state index in [2.05, 4.69) is 48.4 Å². The maximum Gasteiger partial charge on any atom is 0.160 e. The number of aromatic nitrogens is 1. The monoisotopic (exact) mass is 270 g/mol. The van der Waals surface area contributed by atoms with Gasteiger partial charge in [-0.25, -0.2) is 0 Å². The fourth-order valence-corrected chi connectivity index (χ4v) is 2.07. The third kappa shape index (κ3) is 3.50. The zero-order chi connectivity index (χ0) is 14.5. The van der Waals surface area contributed by atoms with Gasteiger partial charge in [-0.1, -0.05) is 38.1 Å². The molecule has 0 aliphatic carbocycles. The fraction of sp³-hybridized carbons (Fsp3) is 0.353. The molecule has 0 radical (unpaired) electrons. The lowest BCUT2D eigenvalue weighted by molar-refractivity contribution is 0.414. The summed E-state index contributed by atoms with van der Waals surface area (Å²) in [6, 6.07) is 10.7. The minimum atomic E-state index is 0.569. The highest BCUT2D eigenvalue weighted by Crippen LogP contribution is 2.24. The summed E-state index contributed by atoms with van der Waals surface area (Å²) in [6.07, 6.45) is 1.75. The molecule has 20 heavy (non-hydrogen) atoms. The van der Waals surface area contributed by atoms with Crippen LogP contribution in [0.3, 0.4) is 0 Å². The van der Waals surface area contributed by atoms with E-state index >= 15 is 0 Å². The van der Waals surface area contributed by atoms with E-state index in [9.17, 15) is 0 Å². The van der Waals surface area contributed by atoms with Crippen LogP contribution >= 0.6 is 0 Å². The van der Waals surface area contributed by atoms with Gasteiger partial charge < -0.3 is 10.1 Å². The van der Waals surface area contributed by atoms with Crippen LogP contribution in [0.15, 0.2) is 36.5 Å². The second-order valence-corrected chi connectivity index (χ2v) is 5.28. The number of hydrogen-bond donors (Lipinski definition) is 1. The molecule has 0 saturated heterocycles. The van der Waals surface area contributed by atoms with Gasteiger partial charge in [-0.2, -0.15) is 0 Å². The van der Waals surface area contributed by atoms with Crippen molar-refractivity contribution in [3.05, 3.63) is 53.3 Å². The van der Waals surface area contributed by atoms with E-state index in [1.807, 2.05) is 13.0 Å². The van der Waals surface area contributed by atoms with Crippen LogP contribution in [0, 0.1) is 6.92 Å². The third-order valence-electron chi connectivity index (χ3n) is 3.35. The number of benzene rings is 1. The maximum absolute atomic E-state index is 5.31. The molecule has 0 aliphatic heterocycles. The number of pyridine rings is 1. The molecule has 106 valence electrons. The van der Waals surface area contributed by atoms with Gasteiger partial charge in [-0.15, -0.1) is 0 Å². The van der Waals surface area contributed by atoms with Gasteiger partial charge in [-0.05, 0) is 30.0 Å². The SMILES string of the molecule is COc1cnc(C)cc1NCc1ccc(C(C)C)cc1.